The zero-order valence-corrected chi connectivity index (χ0v) is 23.4. The summed E-state index contributed by atoms with van der Waals surface area (Å²) < 4.78 is 1.75. The molecule has 38 heavy (non-hydrogen) atoms. The molecule has 1 aliphatic rings. The number of hydrogen-bond acceptors (Lipinski definition) is 7. The average Bonchev–Trinajstić information content (AvgIpc) is 3.28. The van der Waals surface area contributed by atoms with Gasteiger partial charge in [-0.1, -0.05) is 13.8 Å². The predicted molar refractivity (Wildman–Crippen MR) is 157 cm³/mol. The molecule has 1 aliphatic heterocycles. The summed E-state index contributed by atoms with van der Waals surface area (Å²) in [5, 5.41) is 19.3. The van der Waals surface area contributed by atoms with E-state index < -0.39 is 0 Å². The number of aryl methyl sites for hydroxylation is 1. The van der Waals surface area contributed by atoms with Gasteiger partial charge in [0.15, 0.2) is 0 Å². The van der Waals surface area contributed by atoms with Gasteiger partial charge in [0, 0.05) is 54.9 Å². The molecule has 0 bridgehead atoms. The zero-order chi connectivity index (χ0) is 28.2. The normalized spacial score (nSPS) is 11.1. The lowest BCUT2D eigenvalue weighted by Gasteiger charge is -2.19. The Morgan fingerprint density at radius 1 is 1.13 bits per heavy atom. The van der Waals surface area contributed by atoms with E-state index in [2.05, 4.69) is 46.1 Å². The average molecular weight is 523 g/mol. The molecule has 0 spiro atoms. The Bertz CT molecular complexity index is 1290. The second-order valence-corrected chi connectivity index (χ2v) is 8.87. The van der Waals surface area contributed by atoms with Crippen LogP contribution in [0.1, 0.15) is 36.1 Å². The molecular weight excluding hydrogens is 480 g/mol. The number of benzene rings is 1. The van der Waals surface area contributed by atoms with Gasteiger partial charge in [0.1, 0.15) is 0 Å². The molecule has 2 aromatic heterocycles. The van der Waals surface area contributed by atoms with Crippen LogP contribution in [0.15, 0.2) is 42.2 Å². The summed E-state index contributed by atoms with van der Waals surface area (Å²) in [5.74, 6) is 0. The van der Waals surface area contributed by atoms with Gasteiger partial charge in [-0.2, -0.15) is 0 Å². The number of rotatable bonds is 11. The van der Waals surface area contributed by atoms with Crippen LogP contribution in [-0.2, 0) is 24.4 Å². The molecule has 9 heteroatoms. The minimum Gasteiger partial charge on any atom is -0.395 e. The van der Waals surface area contributed by atoms with Crippen LogP contribution in [0.4, 0.5) is 5.69 Å². The maximum atomic E-state index is 13.2. The predicted octanol–water partition coefficient (Wildman–Crippen LogP) is 2.86. The molecule has 206 valence electrons. The molecule has 3 heterocycles. The Balaban J connectivity index is 0.00000121. The number of nitrogens with zero attached hydrogens (tertiary/aromatic N) is 3. The fourth-order valence-corrected chi connectivity index (χ4v) is 4.52. The largest absolute Gasteiger partial charge is 0.395 e. The van der Waals surface area contributed by atoms with E-state index in [-0.39, 0.29) is 18.7 Å². The molecule has 0 saturated carbocycles. The van der Waals surface area contributed by atoms with E-state index in [1.165, 1.54) is 0 Å². The van der Waals surface area contributed by atoms with Crippen molar-refractivity contribution < 1.29 is 9.90 Å². The number of aliphatic hydroxyl groups excluding tert-OH is 1. The summed E-state index contributed by atoms with van der Waals surface area (Å²) >= 11 is 0. The number of fused-ring (bicyclic) bond motifs is 4. The van der Waals surface area contributed by atoms with Crippen LogP contribution in [-0.4, -0.2) is 66.3 Å². The molecular formula is C29H42N6O3. The van der Waals surface area contributed by atoms with Crippen LogP contribution in [0.25, 0.3) is 22.3 Å². The first-order valence-corrected chi connectivity index (χ1v) is 13.0. The zero-order valence-electron chi connectivity index (χ0n) is 23.4. The molecule has 0 saturated heterocycles. The lowest BCUT2D eigenvalue weighted by Crippen LogP contribution is -2.27. The third-order valence-corrected chi connectivity index (χ3v) is 6.13. The maximum absolute atomic E-state index is 13.2. The molecule has 1 amide bonds. The Kier molecular flexibility index (Phi) is 12.1. The van der Waals surface area contributed by atoms with Crippen molar-refractivity contribution in [2.45, 2.75) is 40.4 Å². The molecule has 9 nitrogen and oxygen atoms in total. The maximum Gasteiger partial charge on any atom is 0.256 e. The first-order chi connectivity index (χ1) is 18.4. The van der Waals surface area contributed by atoms with Crippen molar-refractivity contribution in [3.63, 3.8) is 0 Å². The molecule has 1 aromatic carbocycles. The Morgan fingerprint density at radius 2 is 1.87 bits per heavy atom. The number of nitrogens with one attached hydrogen (secondary N) is 3. The lowest BCUT2D eigenvalue weighted by atomic mass is 10.0. The van der Waals surface area contributed by atoms with E-state index in [1.807, 2.05) is 47.0 Å². The lowest BCUT2D eigenvalue weighted by molar-refractivity contribution is -0.109. The van der Waals surface area contributed by atoms with Crippen LogP contribution in [0.5, 0.6) is 0 Å². The van der Waals surface area contributed by atoms with Gasteiger partial charge in [0.25, 0.3) is 5.56 Å². The number of carbonyl (C=O) groups excluding carboxylic acids is 1. The molecule has 4 rings (SSSR count). The SMILES string of the molecule is C=C.CC.Cc1cc2n(c(=O)c1CNC=O)Cc1cc3c(CN(C)C)c(NCCNCCO)ccc3nc1-2. The molecule has 0 radical (unpaired) electrons. The van der Waals surface area contributed by atoms with E-state index in [0.717, 1.165) is 64.3 Å². The summed E-state index contributed by atoms with van der Waals surface area (Å²) in [7, 11) is 4.08. The molecule has 0 fully saturated rings. The molecule has 0 aliphatic carbocycles. The highest BCUT2D eigenvalue weighted by Crippen LogP contribution is 2.35. The summed E-state index contributed by atoms with van der Waals surface area (Å²) in [5.41, 5.74) is 7.15. The van der Waals surface area contributed by atoms with E-state index in [9.17, 15) is 9.59 Å². The number of hydrogen-bond donors (Lipinski definition) is 4. The third-order valence-electron chi connectivity index (χ3n) is 6.13. The van der Waals surface area contributed by atoms with Crippen LogP contribution in [0.2, 0.25) is 0 Å². The van der Waals surface area contributed by atoms with E-state index in [4.69, 9.17) is 10.1 Å². The summed E-state index contributed by atoms with van der Waals surface area (Å²) in [6.45, 7) is 15.5. The van der Waals surface area contributed by atoms with Crippen LogP contribution < -0.4 is 21.5 Å². The number of aromatic nitrogens is 2. The van der Waals surface area contributed by atoms with Gasteiger partial charge in [-0.05, 0) is 56.4 Å². The van der Waals surface area contributed by atoms with Crippen molar-refractivity contribution in [3.8, 4) is 11.4 Å². The highest BCUT2D eigenvalue weighted by molar-refractivity contribution is 5.90. The van der Waals surface area contributed by atoms with Crippen LogP contribution in [0.3, 0.4) is 0 Å². The number of pyridine rings is 2. The van der Waals surface area contributed by atoms with E-state index in [0.29, 0.717) is 25.1 Å². The van der Waals surface area contributed by atoms with Crippen molar-refractivity contribution >= 4 is 23.0 Å². The second kappa shape index (κ2) is 15.0. The van der Waals surface area contributed by atoms with Crippen LogP contribution in [0, 0.1) is 6.92 Å². The first kappa shape index (κ1) is 30.7. The van der Waals surface area contributed by atoms with Gasteiger partial charge in [0.05, 0.1) is 30.1 Å². The van der Waals surface area contributed by atoms with E-state index >= 15 is 0 Å². The van der Waals surface area contributed by atoms with Gasteiger partial charge in [-0.15, -0.1) is 13.2 Å². The van der Waals surface area contributed by atoms with Crippen LogP contribution >= 0.6 is 0 Å². The first-order valence-electron chi connectivity index (χ1n) is 13.0. The molecule has 0 atom stereocenters. The number of aliphatic hydroxyl groups is 1. The van der Waals surface area contributed by atoms with Crippen molar-refractivity contribution in [3.05, 3.63) is 70.0 Å². The van der Waals surface area contributed by atoms with Gasteiger partial charge in [-0.3, -0.25) is 9.59 Å². The molecule has 3 aromatic rings. The number of carbonyl (C=O) groups is 1. The minimum absolute atomic E-state index is 0.0855. The minimum atomic E-state index is -0.0855. The van der Waals surface area contributed by atoms with Gasteiger partial charge >= 0.3 is 0 Å². The summed E-state index contributed by atoms with van der Waals surface area (Å²) in [4.78, 5) is 31.0. The standard InChI is InChI=1S/C25H32N6O3.C2H6.C2H4/c1-16-10-23-24-17(13-31(23)25(34)19(16)12-27-15-33)11-18-20(14-30(2)3)21(4-5-22(18)29-24)28-7-6-26-8-9-32;2*1-2/h4-5,10-11,15,26,28,32H,6-9,12-14H2,1-3H3,(H,27,33);1-2H3;1-2H2. The fourth-order valence-electron chi connectivity index (χ4n) is 4.52. The van der Waals surface area contributed by atoms with Gasteiger partial charge < -0.3 is 30.5 Å². The molecule has 4 N–H and O–H groups in total. The highest BCUT2D eigenvalue weighted by atomic mass is 16.3. The van der Waals surface area contributed by atoms with Crippen molar-refractivity contribution in [1.82, 2.24) is 25.1 Å². The number of anilines is 1. The Morgan fingerprint density at radius 3 is 2.53 bits per heavy atom. The van der Waals surface area contributed by atoms with Gasteiger partial charge in [0.2, 0.25) is 6.41 Å². The van der Waals surface area contributed by atoms with Crippen molar-refractivity contribution in [2.75, 3.05) is 45.7 Å². The molecule has 0 unspecified atom stereocenters. The van der Waals surface area contributed by atoms with Crippen molar-refractivity contribution in [2.24, 2.45) is 0 Å². The highest BCUT2D eigenvalue weighted by Gasteiger charge is 2.25. The van der Waals surface area contributed by atoms with Crippen molar-refractivity contribution in [1.29, 1.82) is 0 Å². The summed E-state index contributed by atoms with van der Waals surface area (Å²) in [6, 6.07) is 8.24. The fraction of sp³-hybridized carbons (Fsp3) is 0.414. The Labute approximate surface area is 225 Å². The quantitative estimate of drug-likeness (QED) is 0.136. The monoisotopic (exact) mass is 522 g/mol. The summed E-state index contributed by atoms with van der Waals surface area (Å²) in [6.07, 6.45) is 0.612. The third kappa shape index (κ3) is 6.86. The van der Waals surface area contributed by atoms with Gasteiger partial charge in [-0.25, -0.2) is 4.98 Å². The Hall–Kier alpha value is -3.53. The topological polar surface area (TPSA) is 112 Å². The smallest absolute Gasteiger partial charge is 0.256 e. The van der Waals surface area contributed by atoms with E-state index in [1.54, 1.807) is 4.57 Å². The number of amides is 1. The second-order valence-electron chi connectivity index (χ2n) is 8.87.